The van der Waals surface area contributed by atoms with Crippen LogP contribution in [0.15, 0.2) is 16.8 Å². The Bertz CT molecular complexity index is 305. The molecule has 0 aromatic carbocycles. The number of hydrogen-bond donors (Lipinski definition) is 1. The SMILES string of the molecule is c1cc(C2(C3CC3)CCCCCN2)cs1. The van der Waals surface area contributed by atoms with Crippen LogP contribution in [0.4, 0.5) is 0 Å². The zero-order chi connectivity index (χ0) is 10.1. The van der Waals surface area contributed by atoms with Crippen LogP contribution in [0, 0.1) is 5.92 Å². The molecular formula is C13H19NS. The lowest BCUT2D eigenvalue weighted by Gasteiger charge is -2.34. The zero-order valence-corrected chi connectivity index (χ0v) is 9.98. The van der Waals surface area contributed by atoms with Gasteiger partial charge in [0.1, 0.15) is 0 Å². The fourth-order valence-electron chi connectivity index (χ4n) is 3.03. The summed E-state index contributed by atoms with van der Waals surface area (Å²) in [5.74, 6) is 0.921. The number of nitrogens with one attached hydrogen (secondary N) is 1. The molecule has 1 aliphatic carbocycles. The van der Waals surface area contributed by atoms with Crippen LogP contribution in [0.25, 0.3) is 0 Å². The van der Waals surface area contributed by atoms with Gasteiger partial charge in [-0.3, -0.25) is 0 Å². The van der Waals surface area contributed by atoms with Crippen molar-refractivity contribution in [2.24, 2.45) is 5.92 Å². The summed E-state index contributed by atoms with van der Waals surface area (Å²) < 4.78 is 0. The Morgan fingerprint density at radius 2 is 2.20 bits per heavy atom. The Morgan fingerprint density at radius 1 is 1.27 bits per heavy atom. The van der Waals surface area contributed by atoms with Gasteiger partial charge in [-0.2, -0.15) is 11.3 Å². The van der Waals surface area contributed by atoms with Gasteiger partial charge < -0.3 is 5.32 Å². The van der Waals surface area contributed by atoms with E-state index in [2.05, 4.69) is 22.1 Å². The molecule has 82 valence electrons. The van der Waals surface area contributed by atoms with Crippen LogP contribution < -0.4 is 5.32 Å². The fourth-order valence-corrected chi connectivity index (χ4v) is 3.77. The molecule has 2 heteroatoms. The summed E-state index contributed by atoms with van der Waals surface area (Å²) in [6.07, 6.45) is 8.39. The summed E-state index contributed by atoms with van der Waals surface area (Å²) in [4.78, 5) is 0. The highest BCUT2D eigenvalue weighted by Gasteiger charge is 2.46. The van der Waals surface area contributed by atoms with E-state index in [1.807, 2.05) is 11.3 Å². The van der Waals surface area contributed by atoms with Crippen LogP contribution >= 0.6 is 11.3 Å². The molecule has 1 unspecified atom stereocenters. The molecule has 2 fully saturated rings. The topological polar surface area (TPSA) is 12.0 Å². The maximum Gasteiger partial charge on any atom is 0.0471 e. The summed E-state index contributed by atoms with van der Waals surface area (Å²) in [7, 11) is 0. The Hall–Kier alpha value is -0.340. The first-order valence-corrected chi connectivity index (χ1v) is 7.14. The smallest absolute Gasteiger partial charge is 0.0471 e. The molecule has 1 nitrogen and oxygen atoms in total. The summed E-state index contributed by atoms with van der Waals surface area (Å²) >= 11 is 1.84. The number of hydrogen-bond acceptors (Lipinski definition) is 2. The molecule has 2 aliphatic rings. The van der Waals surface area contributed by atoms with Crippen LogP contribution in [0.1, 0.15) is 44.1 Å². The molecule has 1 saturated heterocycles. The van der Waals surface area contributed by atoms with Crippen LogP contribution in [0.3, 0.4) is 0 Å². The summed E-state index contributed by atoms with van der Waals surface area (Å²) in [5, 5.41) is 8.45. The molecule has 0 radical (unpaired) electrons. The van der Waals surface area contributed by atoms with E-state index < -0.39 is 0 Å². The van der Waals surface area contributed by atoms with Gasteiger partial charge >= 0.3 is 0 Å². The summed E-state index contributed by atoms with van der Waals surface area (Å²) in [6.45, 7) is 1.21. The van der Waals surface area contributed by atoms with Gasteiger partial charge in [-0.05, 0) is 60.5 Å². The third-order valence-electron chi connectivity index (χ3n) is 4.00. The lowest BCUT2D eigenvalue weighted by molar-refractivity contribution is 0.280. The monoisotopic (exact) mass is 221 g/mol. The Kier molecular flexibility index (Phi) is 2.57. The van der Waals surface area contributed by atoms with Crippen molar-refractivity contribution < 1.29 is 0 Å². The molecular weight excluding hydrogens is 202 g/mol. The predicted octanol–water partition coefficient (Wildman–Crippen LogP) is 3.52. The normalized spacial score (nSPS) is 32.5. The quantitative estimate of drug-likeness (QED) is 0.805. The average molecular weight is 221 g/mol. The van der Waals surface area contributed by atoms with Gasteiger partial charge in [-0.1, -0.05) is 12.8 Å². The average Bonchev–Trinajstić information content (AvgIpc) is 3.01. The minimum atomic E-state index is 0.358. The van der Waals surface area contributed by atoms with Crippen LogP contribution in [-0.2, 0) is 5.54 Å². The molecule has 1 aromatic heterocycles. The van der Waals surface area contributed by atoms with Crippen molar-refractivity contribution in [3.63, 3.8) is 0 Å². The molecule has 1 aliphatic heterocycles. The lowest BCUT2D eigenvalue weighted by atomic mass is 9.82. The number of rotatable bonds is 2. The van der Waals surface area contributed by atoms with Gasteiger partial charge in [0.25, 0.3) is 0 Å². The van der Waals surface area contributed by atoms with Crippen molar-refractivity contribution in [1.29, 1.82) is 0 Å². The van der Waals surface area contributed by atoms with Gasteiger partial charge in [0.05, 0.1) is 0 Å². The molecule has 1 saturated carbocycles. The van der Waals surface area contributed by atoms with Crippen LogP contribution in [0.2, 0.25) is 0 Å². The Morgan fingerprint density at radius 3 is 2.93 bits per heavy atom. The molecule has 1 N–H and O–H groups in total. The third-order valence-corrected chi connectivity index (χ3v) is 4.68. The van der Waals surface area contributed by atoms with E-state index in [1.54, 1.807) is 5.56 Å². The highest BCUT2D eigenvalue weighted by atomic mass is 32.1. The molecule has 1 aromatic rings. The van der Waals surface area contributed by atoms with Gasteiger partial charge in [-0.25, -0.2) is 0 Å². The molecule has 2 heterocycles. The molecule has 15 heavy (non-hydrogen) atoms. The molecule has 0 bridgehead atoms. The first-order valence-electron chi connectivity index (χ1n) is 6.19. The van der Waals surface area contributed by atoms with Crippen molar-refractivity contribution in [3.05, 3.63) is 22.4 Å². The minimum Gasteiger partial charge on any atom is -0.307 e. The lowest BCUT2D eigenvalue weighted by Crippen LogP contribution is -2.43. The van der Waals surface area contributed by atoms with Crippen molar-refractivity contribution in [2.45, 2.75) is 44.1 Å². The Balaban J connectivity index is 1.92. The van der Waals surface area contributed by atoms with Crippen molar-refractivity contribution in [1.82, 2.24) is 5.32 Å². The first kappa shape index (κ1) is 9.86. The second-order valence-electron chi connectivity index (χ2n) is 5.00. The summed E-state index contributed by atoms with van der Waals surface area (Å²) in [6, 6.07) is 2.33. The largest absolute Gasteiger partial charge is 0.307 e. The second-order valence-corrected chi connectivity index (χ2v) is 5.78. The first-order chi connectivity index (χ1) is 7.42. The molecule has 3 rings (SSSR count). The van der Waals surface area contributed by atoms with E-state index in [4.69, 9.17) is 0 Å². The van der Waals surface area contributed by atoms with Crippen molar-refractivity contribution >= 4 is 11.3 Å². The van der Waals surface area contributed by atoms with Gasteiger partial charge in [0.2, 0.25) is 0 Å². The predicted molar refractivity (Wildman–Crippen MR) is 65.2 cm³/mol. The maximum absolute atomic E-state index is 3.87. The van der Waals surface area contributed by atoms with Crippen molar-refractivity contribution in [3.8, 4) is 0 Å². The van der Waals surface area contributed by atoms with E-state index >= 15 is 0 Å². The van der Waals surface area contributed by atoms with Crippen molar-refractivity contribution in [2.75, 3.05) is 6.54 Å². The summed E-state index contributed by atoms with van der Waals surface area (Å²) in [5.41, 5.74) is 1.92. The fraction of sp³-hybridized carbons (Fsp3) is 0.692. The highest BCUT2D eigenvalue weighted by Crippen LogP contribution is 2.49. The minimum absolute atomic E-state index is 0.358. The maximum atomic E-state index is 3.87. The van der Waals surface area contributed by atoms with Crippen LogP contribution in [-0.4, -0.2) is 6.54 Å². The van der Waals surface area contributed by atoms with E-state index in [0.29, 0.717) is 5.54 Å². The van der Waals surface area contributed by atoms with E-state index in [9.17, 15) is 0 Å². The Labute approximate surface area is 95.9 Å². The third kappa shape index (κ3) is 1.74. The van der Waals surface area contributed by atoms with E-state index in [-0.39, 0.29) is 0 Å². The molecule has 1 atom stereocenters. The van der Waals surface area contributed by atoms with Gasteiger partial charge in [-0.15, -0.1) is 0 Å². The standard InChI is InChI=1S/C13H19NS/c1-2-7-13(11-4-5-11,14-8-3-1)12-6-9-15-10-12/h6,9-11,14H,1-5,7-8H2. The highest BCUT2D eigenvalue weighted by molar-refractivity contribution is 7.08. The van der Waals surface area contributed by atoms with E-state index in [1.165, 1.54) is 45.1 Å². The van der Waals surface area contributed by atoms with Gasteiger partial charge in [0, 0.05) is 5.54 Å². The van der Waals surface area contributed by atoms with Gasteiger partial charge in [0.15, 0.2) is 0 Å². The molecule has 0 spiro atoms. The van der Waals surface area contributed by atoms with Crippen LogP contribution in [0.5, 0.6) is 0 Å². The zero-order valence-electron chi connectivity index (χ0n) is 9.17. The number of thiophene rings is 1. The second kappa shape index (κ2) is 3.91. The van der Waals surface area contributed by atoms with E-state index in [0.717, 1.165) is 5.92 Å². The molecule has 0 amide bonds.